The van der Waals surface area contributed by atoms with Crippen molar-refractivity contribution in [2.45, 2.75) is 19.8 Å². The molecule has 0 spiro atoms. The molecule has 0 saturated carbocycles. The Morgan fingerprint density at radius 3 is 2.67 bits per heavy atom. The van der Waals surface area contributed by atoms with E-state index in [1.54, 1.807) is 36.3 Å². The van der Waals surface area contributed by atoms with Gasteiger partial charge in [-0.25, -0.2) is 0 Å². The summed E-state index contributed by atoms with van der Waals surface area (Å²) in [7, 11) is 1.54. The number of thioether (sulfide) groups is 1. The number of hydrogen-bond donors (Lipinski definition) is 0. The van der Waals surface area contributed by atoms with Crippen molar-refractivity contribution in [2.75, 3.05) is 33.4 Å². The molecule has 3 amide bonds. The Morgan fingerprint density at radius 2 is 2.00 bits per heavy atom. The smallest absolute Gasteiger partial charge is 0.294 e. The summed E-state index contributed by atoms with van der Waals surface area (Å²) in [4.78, 5) is 40.2. The van der Waals surface area contributed by atoms with Crippen LogP contribution in [0.15, 0.2) is 23.1 Å². The molecular weight excluding hydrogens is 368 g/mol. The van der Waals surface area contributed by atoms with Crippen LogP contribution in [0.5, 0.6) is 11.5 Å². The third-order valence-electron chi connectivity index (χ3n) is 4.43. The minimum atomic E-state index is -0.456. The van der Waals surface area contributed by atoms with E-state index in [0.717, 1.165) is 29.5 Å². The number of carbonyl (C=O) groups excluding carboxylic acids is 3. The molecule has 0 aliphatic carbocycles. The maximum Gasteiger partial charge on any atom is 0.294 e. The number of rotatable bonds is 6. The zero-order valence-electron chi connectivity index (χ0n) is 15.4. The van der Waals surface area contributed by atoms with Gasteiger partial charge in [0.05, 0.1) is 18.6 Å². The van der Waals surface area contributed by atoms with E-state index in [1.807, 2.05) is 6.92 Å². The molecule has 2 heterocycles. The Hall–Kier alpha value is -2.48. The first-order chi connectivity index (χ1) is 13.0. The molecule has 0 radical (unpaired) electrons. The predicted molar refractivity (Wildman–Crippen MR) is 103 cm³/mol. The zero-order valence-corrected chi connectivity index (χ0v) is 16.2. The van der Waals surface area contributed by atoms with E-state index in [2.05, 4.69) is 0 Å². The second-order valence-corrected chi connectivity index (χ2v) is 7.16. The highest BCUT2D eigenvalue weighted by atomic mass is 32.2. The van der Waals surface area contributed by atoms with Crippen LogP contribution < -0.4 is 9.47 Å². The Labute approximate surface area is 162 Å². The van der Waals surface area contributed by atoms with Crippen molar-refractivity contribution >= 4 is 34.9 Å². The van der Waals surface area contributed by atoms with Gasteiger partial charge in [0.2, 0.25) is 5.91 Å². The van der Waals surface area contributed by atoms with Crippen LogP contribution in [0.1, 0.15) is 25.3 Å². The normalized spacial score (nSPS) is 18.5. The number of ether oxygens (including phenoxy) is 2. The fourth-order valence-electron chi connectivity index (χ4n) is 3.09. The minimum absolute atomic E-state index is 0.188. The number of carbonyl (C=O) groups is 3. The van der Waals surface area contributed by atoms with E-state index in [1.165, 1.54) is 0 Å². The van der Waals surface area contributed by atoms with E-state index < -0.39 is 11.1 Å². The quantitative estimate of drug-likeness (QED) is 0.695. The second kappa shape index (κ2) is 8.47. The van der Waals surface area contributed by atoms with E-state index in [-0.39, 0.29) is 17.4 Å². The highest BCUT2D eigenvalue weighted by molar-refractivity contribution is 8.18. The SMILES string of the molecule is CCOc1c(/C=C2\SC(=O)N(CC(=O)N3CCCC3)C2=O)cccc1OC. The van der Waals surface area contributed by atoms with Crippen molar-refractivity contribution in [3.63, 3.8) is 0 Å². The second-order valence-electron chi connectivity index (χ2n) is 6.17. The molecule has 0 unspecified atom stereocenters. The van der Waals surface area contributed by atoms with Crippen molar-refractivity contribution in [3.05, 3.63) is 28.7 Å². The van der Waals surface area contributed by atoms with E-state index >= 15 is 0 Å². The topological polar surface area (TPSA) is 76.2 Å². The summed E-state index contributed by atoms with van der Waals surface area (Å²) >= 11 is 0.833. The highest BCUT2D eigenvalue weighted by Crippen LogP contribution is 2.37. The van der Waals surface area contributed by atoms with Crippen molar-refractivity contribution in [1.29, 1.82) is 0 Å². The van der Waals surface area contributed by atoms with Crippen LogP contribution in [0.25, 0.3) is 6.08 Å². The summed E-state index contributed by atoms with van der Waals surface area (Å²) in [6.45, 7) is 3.46. The lowest BCUT2D eigenvalue weighted by atomic mass is 10.1. The number of methoxy groups -OCH3 is 1. The number of amides is 3. The van der Waals surface area contributed by atoms with Gasteiger partial charge in [0.15, 0.2) is 11.5 Å². The number of nitrogens with zero attached hydrogens (tertiary/aromatic N) is 2. The third kappa shape index (κ3) is 4.10. The molecule has 3 rings (SSSR count). The fourth-order valence-corrected chi connectivity index (χ4v) is 3.91. The van der Waals surface area contributed by atoms with Crippen LogP contribution >= 0.6 is 11.8 Å². The van der Waals surface area contributed by atoms with Crippen LogP contribution in [0.3, 0.4) is 0 Å². The van der Waals surface area contributed by atoms with Gasteiger partial charge in [-0.2, -0.15) is 0 Å². The monoisotopic (exact) mass is 390 g/mol. The molecule has 1 aromatic carbocycles. The van der Waals surface area contributed by atoms with Crippen LogP contribution in [0, 0.1) is 0 Å². The van der Waals surface area contributed by atoms with Crippen molar-refractivity contribution in [3.8, 4) is 11.5 Å². The number of benzene rings is 1. The molecule has 2 aliphatic rings. The maximum absolute atomic E-state index is 12.7. The van der Waals surface area contributed by atoms with Crippen LogP contribution in [-0.4, -0.2) is 60.2 Å². The maximum atomic E-state index is 12.7. The number of para-hydroxylation sites is 1. The lowest BCUT2D eigenvalue weighted by Gasteiger charge is -2.18. The van der Waals surface area contributed by atoms with Gasteiger partial charge in [0, 0.05) is 18.7 Å². The third-order valence-corrected chi connectivity index (χ3v) is 5.34. The highest BCUT2D eigenvalue weighted by Gasteiger charge is 2.37. The minimum Gasteiger partial charge on any atom is -0.493 e. The molecule has 1 aromatic rings. The van der Waals surface area contributed by atoms with Crippen LogP contribution in [-0.2, 0) is 9.59 Å². The van der Waals surface area contributed by atoms with Gasteiger partial charge in [-0.1, -0.05) is 12.1 Å². The van der Waals surface area contributed by atoms with Gasteiger partial charge in [-0.15, -0.1) is 0 Å². The number of imide groups is 1. The first-order valence-electron chi connectivity index (χ1n) is 8.88. The van der Waals surface area contributed by atoms with E-state index in [0.29, 0.717) is 36.8 Å². The van der Waals surface area contributed by atoms with Gasteiger partial charge >= 0.3 is 0 Å². The predicted octanol–water partition coefficient (Wildman–Crippen LogP) is 2.75. The number of hydrogen-bond acceptors (Lipinski definition) is 6. The summed E-state index contributed by atoms with van der Waals surface area (Å²) in [5.41, 5.74) is 0.646. The Kier molecular flexibility index (Phi) is 6.05. The average molecular weight is 390 g/mol. The van der Waals surface area contributed by atoms with E-state index in [4.69, 9.17) is 9.47 Å². The van der Waals surface area contributed by atoms with Crippen LogP contribution in [0.4, 0.5) is 4.79 Å². The molecule has 0 N–H and O–H groups in total. The Morgan fingerprint density at radius 1 is 1.26 bits per heavy atom. The summed E-state index contributed by atoms with van der Waals surface area (Å²) in [5, 5.41) is -0.431. The lowest BCUT2D eigenvalue weighted by Crippen LogP contribution is -2.40. The molecule has 0 atom stereocenters. The summed E-state index contributed by atoms with van der Waals surface area (Å²) in [6.07, 6.45) is 3.53. The first kappa shape index (κ1) is 19.3. The van der Waals surface area contributed by atoms with Crippen molar-refractivity contribution in [2.24, 2.45) is 0 Å². The van der Waals surface area contributed by atoms with Gasteiger partial charge in [0.25, 0.3) is 11.1 Å². The Balaban J connectivity index is 1.81. The number of likely N-dealkylation sites (tertiary alicyclic amines) is 1. The fraction of sp³-hybridized carbons (Fsp3) is 0.421. The van der Waals surface area contributed by atoms with Gasteiger partial charge < -0.3 is 14.4 Å². The standard InChI is InChI=1S/C19H22N2O5S/c1-3-26-17-13(7-6-8-14(17)25-2)11-15-18(23)21(19(24)27-15)12-16(22)20-9-4-5-10-20/h6-8,11H,3-5,9-10,12H2,1-2H3/b15-11-. The largest absolute Gasteiger partial charge is 0.493 e. The summed E-state index contributed by atoms with van der Waals surface area (Å²) in [5.74, 6) is 0.423. The average Bonchev–Trinajstić information content (AvgIpc) is 3.28. The van der Waals surface area contributed by atoms with Crippen molar-refractivity contribution < 1.29 is 23.9 Å². The summed E-state index contributed by atoms with van der Waals surface area (Å²) < 4.78 is 10.9. The molecule has 2 aliphatic heterocycles. The van der Waals surface area contributed by atoms with Gasteiger partial charge in [-0.05, 0) is 43.7 Å². The molecule has 2 fully saturated rings. The molecule has 144 valence electrons. The molecular formula is C19H22N2O5S. The van der Waals surface area contributed by atoms with Gasteiger partial charge in [0.1, 0.15) is 6.54 Å². The molecule has 7 nitrogen and oxygen atoms in total. The van der Waals surface area contributed by atoms with Crippen molar-refractivity contribution in [1.82, 2.24) is 9.80 Å². The van der Waals surface area contributed by atoms with Gasteiger partial charge in [-0.3, -0.25) is 19.3 Å². The zero-order chi connectivity index (χ0) is 19.4. The van der Waals surface area contributed by atoms with E-state index in [9.17, 15) is 14.4 Å². The molecule has 8 heteroatoms. The molecule has 0 bridgehead atoms. The summed E-state index contributed by atoms with van der Waals surface area (Å²) in [6, 6.07) is 5.34. The molecule has 27 heavy (non-hydrogen) atoms. The molecule has 0 aromatic heterocycles. The first-order valence-corrected chi connectivity index (χ1v) is 9.69. The Bertz CT molecular complexity index is 786. The van der Waals surface area contributed by atoms with Crippen LogP contribution in [0.2, 0.25) is 0 Å². The molecule has 2 saturated heterocycles. The lowest BCUT2D eigenvalue weighted by molar-refractivity contribution is -0.135.